The number of rotatable bonds is 8. The molecule has 1 heterocycles. The van der Waals surface area contributed by atoms with E-state index in [1.807, 2.05) is 0 Å². The van der Waals surface area contributed by atoms with E-state index in [9.17, 15) is 5.26 Å². The van der Waals surface area contributed by atoms with E-state index in [2.05, 4.69) is 42.0 Å². The number of nitrogens with one attached hydrogen (secondary N) is 1. The monoisotopic (exact) mass is 266 g/mol. The topological polar surface area (TPSA) is 42.3 Å². The lowest BCUT2D eigenvalue weighted by Gasteiger charge is -2.34. The lowest BCUT2D eigenvalue weighted by molar-refractivity contribution is 0.133. The normalized spacial score (nSPS) is 20.9. The third-order valence-electron chi connectivity index (χ3n) is 4.32. The van der Waals surface area contributed by atoms with E-state index < -0.39 is 0 Å². The molecule has 0 aromatic heterocycles. The van der Waals surface area contributed by atoms with E-state index in [0.29, 0.717) is 0 Å². The number of nitrogens with zero attached hydrogens (tertiary/aromatic N) is 3. The highest BCUT2D eigenvalue weighted by atomic mass is 15.3. The van der Waals surface area contributed by atoms with Crippen molar-refractivity contribution in [2.45, 2.75) is 45.6 Å². The van der Waals surface area contributed by atoms with Crippen molar-refractivity contribution in [3.05, 3.63) is 0 Å². The largest absolute Gasteiger partial charge is 0.301 e. The summed E-state index contributed by atoms with van der Waals surface area (Å²) in [6, 6.07) is 2.48. The highest BCUT2D eigenvalue weighted by Gasteiger charge is 2.26. The summed E-state index contributed by atoms with van der Waals surface area (Å²) in [5, 5.41) is 12.7. The minimum absolute atomic E-state index is 0.306. The maximum Gasteiger partial charge on any atom is 0.106 e. The second-order valence-corrected chi connectivity index (χ2v) is 5.46. The molecule has 1 atom stereocenters. The molecule has 4 nitrogen and oxygen atoms in total. The van der Waals surface area contributed by atoms with Crippen molar-refractivity contribution in [2.75, 3.05) is 45.8 Å². The van der Waals surface area contributed by atoms with Crippen LogP contribution in [-0.2, 0) is 0 Å². The van der Waals surface area contributed by atoms with Gasteiger partial charge in [0.05, 0.1) is 6.07 Å². The summed E-state index contributed by atoms with van der Waals surface area (Å²) in [6.45, 7) is 14.3. The number of hydrogen-bond donors (Lipinski definition) is 1. The van der Waals surface area contributed by atoms with Gasteiger partial charge < -0.3 is 9.80 Å². The second kappa shape index (κ2) is 8.52. The van der Waals surface area contributed by atoms with Crippen LogP contribution < -0.4 is 5.32 Å². The SMILES string of the molecule is CCNC(C#N)(CC)CCCN1CCN(CC)CC1. The molecule has 0 amide bonds. The van der Waals surface area contributed by atoms with Crippen LogP contribution in [0.4, 0.5) is 0 Å². The van der Waals surface area contributed by atoms with Gasteiger partial charge in [-0.25, -0.2) is 0 Å². The van der Waals surface area contributed by atoms with E-state index in [0.717, 1.165) is 32.4 Å². The first-order valence-electron chi connectivity index (χ1n) is 7.80. The molecule has 0 spiro atoms. The summed E-state index contributed by atoms with van der Waals surface area (Å²) >= 11 is 0. The Morgan fingerprint density at radius 3 is 2.21 bits per heavy atom. The molecule has 0 aromatic carbocycles. The van der Waals surface area contributed by atoms with Crippen LogP contribution in [0.2, 0.25) is 0 Å². The number of hydrogen-bond acceptors (Lipinski definition) is 4. The highest BCUT2D eigenvalue weighted by molar-refractivity contribution is 5.06. The zero-order valence-corrected chi connectivity index (χ0v) is 12.9. The van der Waals surface area contributed by atoms with Crippen molar-refractivity contribution in [1.82, 2.24) is 15.1 Å². The summed E-state index contributed by atoms with van der Waals surface area (Å²) < 4.78 is 0. The zero-order valence-electron chi connectivity index (χ0n) is 12.9. The molecule has 1 fully saturated rings. The number of piperazine rings is 1. The minimum Gasteiger partial charge on any atom is -0.301 e. The van der Waals surface area contributed by atoms with Gasteiger partial charge in [-0.05, 0) is 38.9 Å². The molecule has 1 rings (SSSR count). The maximum atomic E-state index is 9.38. The Morgan fingerprint density at radius 2 is 1.74 bits per heavy atom. The smallest absolute Gasteiger partial charge is 0.106 e. The third-order valence-corrected chi connectivity index (χ3v) is 4.32. The molecule has 0 saturated carbocycles. The maximum absolute atomic E-state index is 9.38. The van der Waals surface area contributed by atoms with E-state index in [4.69, 9.17) is 0 Å². The molecular formula is C15H30N4. The molecule has 1 aliphatic rings. The molecule has 1 unspecified atom stereocenters. The fourth-order valence-electron chi connectivity index (χ4n) is 2.84. The number of likely N-dealkylation sites (N-methyl/N-ethyl adjacent to an activating group) is 1. The van der Waals surface area contributed by atoms with Gasteiger partial charge in [0, 0.05) is 26.2 Å². The summed E-state index contributed by atoms with van der Waals surface area (Å²) in [7, 11) is 0. The Balaban J connectivity index is 2.27. The first kappa shape index (κ1) is 16.4. The van der Waals surface area contributed by atoms with Crippen LogP contribution in [0, 0.1) is 11.3 Å². The molecular weight excluding hydrogens is 236 g/mol. The predicted molar refractivity (Wildman–Crippen MR) is 80.1 cm³/mol. The van der Waals surface area contributed by atoms with Crippen LogP contribution in [0.15, 0.2) is 0 Å². The molecule has 4 heteroatoms. The van der Waals surface area contributed by atoms with Crippen molar-refractivity contribution < 1.29 is 0 Å². The molecule has 0 aliphatic carbocycles. The summed E-state index contributed by atoms with van der Waals surface area (Å²) in [5.41, 5.74) is -0.306. The van der Waals surface area contributed by atoms with E-state index in [1.165, 1.54) is 32.7 Å². The first-order valence-corrected chi connectivity index (χ1v) is 7.80. The average Bonchev–Trinajstić information content (AvgIpc) is 2.47. The predicted octanol–water partition coefficient (Wildman–Crippen LogP) is 1.69. The molecule has 0 aromatic rings. The van der Waals surface area contributed by atoms with Crippen LogP contribution in [0.1, 0.15) is 40.0 Å². The van der Waals surface area contributed by atoms with Crippen LogP contribution in [0.3, 0.4) is 0 Å². The van der Waals surface area contributed by atoms with Gasteiger partial charge in [-0.1, -0.05) is 20.8 Å². The van der Waals surface area contributed by atoms with Gasteiger partial charge in [-0.2, -0.15) is 5.26 Å². The minimum atomic E-state index is -0.306. The van der Waals surface area contributed by atoms with Crippen molar-refractivity contribution in [3.8, 4) is 6.07 Å². The van der Waals surface area contributed by atoms with Crippen LogP contribution in [0.5, 0.6) is 0 Å². The van der Waals surface area contributed by atoms with Gasteiger partial charge in [0.1, 0.15) is 5.54 Å². The molecule has 1 saturated heterocycles. The zero-order chi connectivity index (χ0) is 14.1. The standard InChI is InChI=1S/C15H30N4/c1-4-15(14-16,17-5-2)8-7-9-19-12-10-18(6-3)11-13-19/h17H,4-13H2,1-3H3. The Bertz CT molecular complexity index is 278. The van der Waals surface area contributed by atoms with Gasteiger partial charge in [0.2, 0.25) is 0 Å². The van der Waals surface area contributed by atoms with Crippen molar-refractivity contribution in [1.29, 1.82) is 5.26 Å². The number of nitriles is 1. The quantitative estimate of drug-likeness (QED) is 0.726. The fourth-order valence-corrected chi connectivity index (χ4v) is 2.84. The Hall–Kier alpha value is -0.630. The molecule has 0 radical (unpaired) electrons. The summed E-state index contributed by atoms with van der Waals surface area (Å²) in [6.07, 6.45) is 2.96. The van der Waals surface area contributed by atoms with Gasteiger partial charge >= 0.3 is 0 Å². The van der Waals surface area contributed by atoms with Crippen LogP contribution >= 0.6 is 0 Å². The third kappa shape index (κ3) is 5.10. The van der Waals surface area contributed by atoms with Crippen LogP contribution in [-0.4, -0.2) is 61.2 Å². The second-order valence-electron chi connectivity index (χ2n) is 5.46. The Kier molecular flexibility index (Phi) is 7.37. The average molecular weight is 266 g/mol. The van der Waals surface area contributed by atoms with E-state index >= 15 is 0 Å². The Morgan fingerprint density at radius 1 is 1.11 bits per heavy atom. The van der Waals surface area contributed by atoms with Crippen molar-refractivity contribution in [3.63, 3.8) is 0 Å². The van der Waals surface area contributed by atoms with Gasteiger partial charge in [0.25, 0.3) is 0 Å². The van der Waals surface area contributed by atoms with E-state index in [-0.39, 0.29) is 5.54 Å². The first-order chi connectivity index (χ1) is 9.19. The lowest BCUT2D eigenvalue weighted by atomic mass is 9.92. The van der Waals surface area contributed by atoms with E-state index in [1.54, 1.807) is 0 Å². The summed E-state index contributed by atoms with van der Waals surface area (Å²) in [4.78, 5) is 5.04. The molecule has 110 valence electrons. The molecule has 1 aliphatic heterocycles. The van der Waals surface area contributed by atoms with Crippen molar-refractivity contribution in [2.24, 2.45) is 0 Å². The fraction of sp³-hybridized carbons (Fsp3) is 0.933. The molecule has 1 N–H and O–H groups in total. The molecule has 0 bridgehead atoms. The van der Waals surface area contributed by atoms with Gasteiger partial charge in [-0.3, -0.25) is 5.32 Å². The van der Waals surface area contributed by atoms with Gasteiger partial charge in [0.15, 0.2) is 0 Å². The highest BCUT2D eigenvalue weighted by Crippen LogP contribution is 2.17. The van der Waals surface area contributed by atoms with Crippen molar-refractivity contribution >= 4 is 0 Å². The lowest BCUT2D eigenvalue weighted by Crippen LogP contribution is -2.47. The van der Waals surface area contributed by atoms with Gasteiger partial charge in [-0.15, -0.1) is 0 Å². The summed E-state index contributed by atoms with van der Waals surface area (Å²) in [5.74, 6) is 0. The Labute approximate surface area is 118 Å². The molecule has 19 heavy (non-hydrogen) atoms. The van der Waals surface area contributed by atoms with Crippen LogP contribution in [0.25, 0.3) is 0 Å².